The first-order chi connectivity index (χ1) is 7.02. The summed E-state index contributed by atoms with van der Waals surface area (Å²) in [5, 5.41) is 26.8. The van der Waals surface area contributed by atoms with Crippen LogP contribution in [0.4, 0.5) is 0 Å². The van der Waals surface area contributed by atoms with E-state index in [1.807, 2.05) is 0 Å². The molecule has 15 heavy (non-hydrogen) atoms. The summed E-state index contributed by atoms with van der Waals surface area (Å²) in [6.07, 6.45) is 0. The Balaban J connectivity index is 2.66. The Labute approximate surface area is 85.5 Å². The van der Waals surface area contributed by atoms with Gasteiger partial charge in [0.25, 0.3) is 0 Å². The maximum atomic E-state index is 10.4. The lowest BCUT2D eigenvalue weighted by Crippen LogP contribution is -2.36. The zero-order valence-corrected chi connectivity index (χ0v) is 7.75. The van der Waals surface area contributed by atoms with Gasteiger partial charge in [-0.1, -0.05) is 6.07 Å². The Bertz CT molecular complexity index is 366. The van der Waals surface area contributed by atoms with Crippen LogP contribution in [-0.4, -0.2) is 33.9 Å². The number of hydrogen-bond donors (Lipinski definition) is 4. The first-order valence-corrected chi connectivity index (χ1v) is 4.14. The van der Waals surface area contributed by atoms with Gasteiger partial charge < -0.3 is 25.8 Å². The highest BCUT2D eigenvalue weighted by Gasteiger charge is 2.14. The molecule has 0 radical (unpaired) electrons. The van der Waals surface area contributed by atoms with Crippen molar-refractivity contribution in [1.82, 2.24) is 0 Å². The number of phenols is 2. The predicted octanol–water partition coefficient (Wildman–Crippen LogP) is -0.112. The number of carbonyl (C=O) groups is 1. The molecule has 0 aliphatic rings. The number of aliphatic carboxylic acids is 1. The van der Waals surface area contributed by atoms with Crippen molar-refractivity contribution in [2.75, 3.05) is 6.61 Å². The van der Waals surface area contributed by atoms with Crippen molar-refractivity contribution < 1.29 is 24.9 Å². The summed E-state index contributed by atoms with van der Waals surface area (Å²) in [4.78, 5) is 10.4. The molecule has 0 fully saturated rings. The number of benzene rings is 1. The summed E-state index contributed by atoms with van der Waals surface area (Å²) in [5.74, 6) is -1.98. The Morgan fingerprint density at radius 3 is 2.73 bits per heavy atom. The Morgan fingerprint density at radius 2 is 2.13 bits per heavy atom. The van der Waals surface area contributed by atoms with E-state index in [9.17, 15) is 9.90 Å². The van der Waals surface area contributed by atoms with Crippen molar-refractivity contribution in [1.29, 1.82) is 0 Å². The number of carboxylic acids is 1. The Kier molecular flexibility index (Phi) is 3.35. The third-order valence-corrected chi connectivity index (χ3v) is 1.71. The second-order valence-electron chi connectivity index (χ2n) is 2.88. The Morgan fingerprint density at radius 1 is 1.47 bits per heavy atom. The van der Waals surface area contributed by atoms with Crippen molar-refractivity contribution in [2.45, 2.75) is 6.04 Å². The smallest absolute Gasteiger partial charge is 0.324 e. The normalized spacial score (nSPS) is 12.1. The topological polar surface area (TPSA) is 113 Å². The van der Waals surface area contributed by atoms with Crippen molar-refractivity contribution >= 4 is 5.97 Å². The second-order valence-corrected chi connectivity index (χ2v) is 2.88. The highest BCUT2D eigenvalue weighted by Crippen LogP contribution is 2.34. The van der Waals surface area contributed by atoms with Gasteiger partial charge >= 0.3 is 5.97 Å². The first kappa shape index (κ1) is 11.1. The van der Waals surface area contributed by atoms with Gasteiger partial charge in [-0.3, -0.25) is 4.79 Å². The van der Waals surface area contributed by atoms with E-state index in [-0.39, 0.29) is 18.1 Å². The fourth-order valence-electron chi connectivity index (χ4n) is 0.878. The number of hydrogen-bond acceptors (Lipinski definition) is 5. The zero-order valence-electron chi connectivity index (χ0n) is 7.75. The SMILES string of the molecule is NC(COc1cccc(O)c1O)C(=O)O. The summed E-state index contributed by atoms with van der Waals surface area (Å²) >= 11 is 0. The van der Waals surface area contributed by atoms with Gasteiger partial charge in [0.15, 0.2) is 11.5 Å². The van der Waals surface area contributed by atoms with E-state index in [0.717, 1.165) is 0 Å². The second kappa shape index (κ2) is 4.52. The van der Waals surface area contributed by atoms with Gasteiger partial charge in [0.2, 0.25) is 5.75 Å². The van der Waals surface area contributed by atoms with E-state index in [4.69, 9.17) is 20.7 Å². The van der Waals surface area contributed by atoms with E-state index in [1.165, 1.54) is 18.2 Å². The summed E-state index contributed by atoms with van der Waals surface area (Å²) in [6.45, 7) is -0.285. The molecule has 6 nitrogen and oxygen atoms in total. The number of phenolic OH excluding ortho intramolecular Hbond substituents is 2. The molecule has 1 aromatic carbocycles. The van der Waals surface area contributed by atoms with Crippen LogP contribution in [0.2, 0.25) is 0 Å². The molecule has 0 amide bonds. The minimum atomic E-state index is -1.20. The molecule has 5 N–H and O–H groups in total. The van der Waals surface area contributed by atoms with Crippen LogP contribution in [0.3, 0.4) is 0 Å². The van der Waals surface area contributed by atoms with Crippen molar-refractivity contribution in [3.05, 3.63) is 18.2 Å². The number of nitrogens with two attached hydrogens (primary N) is 1. The molecule has 6 heteroatoms. The molecule has 0 aromatic heterocycles. The van der Waals surface area contributed by atoms with Crippen molar-refractivity contribution in [2.24, 2.45) is 5.73 Å². The number of rotatable bonds is 4. The van der Waals surface area contributed by atoms with Crippen molar-refractivity contribution in [3.63, 3.8) is 0 Å². The highest BCUT2D eigenvalue weighted by molar-refractivity contribution is 5.73. The molecule has 0 saturated carbocycles. The van der Waals surface area contributed by atoms with Crippen LogP contribution in [0, 0.1) is 0 Å². The van der Waals surface area contributed by atoms with Gasteiger partial charge in [-0.2, -0.15) is 0 Å². The largest absolute Gasteiger partial charge is 0.504 e. The average molecular weight is 213 g/mol. The Hall–Kier alpha value is -1.95. The van der Waals surface area contributed by atoms with Crippen LogP contribution in [0.25, 0.3) is 0 Å². The molecule has 0 aliphatic carbocycles. The van der Waals surface area contributed by atoms with Gasteiger partial charge in [0.1, 0.15) is 12.6 Å². The standard InChI is InChI=1S/C9H11NO5/c10-5(9(13)14)4-15-7-3-1-2-6(11)8(7)12/h1-3,5,11-12H,4,10H2,(H,13,14). The van der Waals surface area contributed by atoms with Gasteiger partial charge in [-0.25, -0.2) is 0 Å². The van der Waals surface area contributed by atoms with Gasteiger partial charge in [-0.15, -0.1) is 0 Å². The predicted molar refractivity (Wildman–Crippen MR) is 50.9 cm³/mol. The third-order valence-electron chi connectivity index (χ3n) is 1.71. The molecule has 0 saturated heterocycles. The summed E-state index contributed by atoms with van der Waals surface area (Å²) in [5.41, 5.74) is 5.18. The van der Waals surface area contributed by atoms with Crippen LogP contribution in [0.15, 0.2) is 18.2 Å². The molecule has 1 rings (SSSR count). The fraction of sp³-hybridized carbons (Fsp3) is 0.222. The molecule has 0 heterocycles. The van der Waals surface area contributed by atoms with Gasteiger partial charge in [0.05, 0.1) is 0 Å². The minimum absolute atomic E-state index is 0.00769. The lowest BCUT2D eigenvalue weighted by atomic mass is 10.3. The third kappa shape index (κ3) is 2.75. The summed E-state index contributed by atoms with van der Waals surface area (Å²) in [6, 6.07) is 2.95. The van der Waals surface area contributed by atoms with Crippen LogP contribution in [0.5, 0.6) is 17.2 Å². The summed E-state index contributed by atoms with van der Waals surface area (Å²) < 4.78 is 4.92. The van der Waals surface area contributed by atoms with Gasteiger partial charge in [0, 0.05) is 0 Å². The van der Waals surface area contributed by atoms with Crippen LogP contribution < -0.4 is 10.5 Å². The molecule has 1 unspecified atom stereocenters. The maximum absolute atomic E-state index is 10.4. The number of ether oxygens (including phenoxy) is 1. The molecule has 0 bridgehead atoms. The fourth-order valence-corrected chi connectivity index (χ4v) is 0.878. The molecule has 1 aromatic rings. The lowest BCUT2D eigenvalue weighted by molar-refractivity contribution is -0.139. The van der Waals surface area contributed by atoms with Gasteiger partial charge in [-0.05, 0) is 12.1 Å². The first-order valence-electron chi connectivity index (χ1n) is 4.14. The van der Waals surface area contributed by atoms with E-state index in [1.54, 1.807) is 0 Å². The van der Waals surface area contributed by atoms with E-state index >= 15 is 0 Å². The lowest BCUT2D eigenvalue weighted by Gasteiger charge is -2.10. The van der Waals surface area contributed by atoms with Crippen LogP contribution in [-0.2, 0) is 4.79 Å². The quantitative estimate of drug-likeness (QED) is 0.519. The van der Waals surface area contributed by atoms with Crippen molar-refractivity contribution in [3.8, 4) is 17.2 Å². The molecule has 1 atom stereocenters. The average Bonchev–Trinajstić information content (AvgIpc) is 2.19. The number of carboxylic acid groups (broad SMARTS) is 1. The van der Waals surface area contributed by atoms with E-state index in [0.29, 0.717) is 0 Å². The summed E-state index contributed by atoms with van der Waals surface area (Å²) in [7, 11) is 0. The van der Waals surface area contributed by atoms with E-state index in [2.05, 4.69) is 0 Å². The van der Waals surface area contributed by atoms with Crippen LogP contribution >= 0.6 is 0 Å². The molecule has 0 aliphatic heterocycles. The molecule has 0 spiro atoms. The maximum Gasteiger partial charge on any atom is 0.324 e. The molecular weight excluding hydrogens is 202 g/mol. The van der Waals surface area contributed by atoms with Crippen LogP contribution in [0.1, 0.15) is 0 Å². The van der Waals surface area contributed by atoms with E-state index < -0.39 is 17.8 Å². The zero-order chi connectivity index (χ0) is 11.4. The minimum Gasteiger partial charge on any atom is -0.504 e. The molecule has 82 valence electrons. The monoisotopic (exact) mass is 213 g/mol. The highest BCUT2D eigenvalue weighted by atomic mass is 16.5. The molecular formula is C9H11NO5. The number of aromatic hydroxyl groups is 2. The number of para-hydroxylation sites is 1.